The van der Waals surface area contributed by atoms with Gasteiger partial charge in [-0.3, -0.25) is 0 Å². The Morgan fingerprint density at radius 1 is 1.31 bits per heavy atom. The van der Waals surface area contributed by atoms with Crippen LogP contribution in [0.2, 0.25) is 0 Å². The Labute approximate surface area is 79.4 Å². The molecule has 0 saturated carbocycles. The Bertz CT molecular complexity index is 274. The Balaban J connectivity index is 2.25. The molecule has 0 aliphatic heterocycles. The van der Waals surface area contributed by atoms with Crippen LogP contribution in [0.25, 0.3) is 0 Å². The number of nitriles is 1. The van der Waals surface area contributed by atoms with Crippen molar-refractivity contribution < 1.29 is 0 Å². The van der Waals surface area contributed by atoms with Crippen LogP contribution < -0.4 is 0 Å². The lowest BCUT2D eigenvalue weighted by atomic mass is 10.1. The summed E-state index contributed by atoms with van der Waals surface area (Å²) in [6.07, 6.45) is 4.17. The SMILES string of the molecule is CN(C#N)CCCc1ccccc1. The largest absolute Gasteiger partial charge is 0.314 e. The molecule has 0 aromatic heterocycles. The first-order valence-corrected chi connectivity index (χ1v) is 4.47. The van der Waals surface area contributed by atoms with Crippen LogP contribution >= 0.6 is 0 Å². The molecule has 0 unspecified atom stereocenters. The van der Waals surface area contributed by atoms with Crippen molar-refractivity contribution in [3.63, 3.8) is 0 Å². The zero-order valence-corrected chi connectivity index (χ0v) is 7.90. The summed E-state index contributed by atoms with van der Waals surface area (Å²) < 4.78 is 0. The first-order valence-electron chi connectivity index (χ1n) is 4.47. The van der Waals surface area contributed by atoms with Crippen LogP contribution in [0.3, 0.4) is 0 Å². The van der Waals surface area contributed by atoms with E-state index in [1.54, 1.807) is 4.90 Å². The van der Waals surface area contributed by atoms with E-state index < -0.39 is 0 Å². The molecule has 2 heteroatoms. The fourth-order valence-electron chi connectivity index (χ4n) is 1.22. The minimum absolute atomic E-state index is 0.839. The Morgan fingerprint density at radius 3 is 2.62 bits per heavy atom. The van der Waals surface area contributed by atoms with Crippen LogP contribution in [0.5, 0.6) is 0 Å². The Morgan fingerprint density at radius 2 is 2.00 bits per heavy atom. The number of hydrogen-bond donors (Lipinski definition) is 0. The summed E-state index contributed by atoms with van der Waals surface area (Å²) in [6, 6.07) is 10.3. The van der Waals surface area contributed by atoms with Gasteiger partial charge in [0.1, 0.15) is 0 Å². The van der Waals surface area contributed by atoms with E-state index in [2.05, 4.69) is 18.3 Å². The van der Waals surface area contributed by atoms with Crippen LogP contribution in [0.4, 0.5) is 0 Å². The molecule has 2 nitrogen and oxygen atoms in total. The lowest BCUT2D eigenvalue weighted by Gasteiger charge is -2.07. The van der Waals surface area contributed by atoms with Gasteiger partial charge in [-0.25, -0.2) is 0 Å². The highest BCUT2D eigenvalue weighted by Gasteiger charge is 1.94. The molecular weight excluding hydrogens is 160 g/mol. The highest BCUT2D eigenvalue weighted by atomic mass is 15.1. The molecule has 0 amide bonds. The average molecular weight is 174 g/mol. The third-order valence-corrected chi connectivity index (χ3v) is 1.97. The van der Waals surface area contributed by atoms with E-state index >= 15 is 0 Å². The van der Waals surface area contributed by atoms with Gasteiger partial charge in [0.05, 0.1) is 0 Å². The second kappa shape index (κ2) is 5.21. The maximum Gasteiger partial charge on any atom is 0.179 e. The van der Waals surface area contributed by atoms with Crippen molar-refractivity contribution in [3.8, 4) is 6.19 Å². The highest BCUT2D eigenvalue weighted by molar-refractivity contribution is 5.14. The molecule has 0 radical (unpaired) electrons. The van der Waals surface area contributed by atoms with Crippen LogP contribution in [0.1, 0.15) is 12.0 Å². The molecule has 0 N–H and O–H groups in total. The summed E-state index contributed by atoms with van der Waals surface area (Å²) in [4.78, 5) is 1.66. The van der Waals surface area contributed by atoms with Gasteiger partial charge in [-0.15, -0.1) is 0 Å². The van der Waals surface area contributed by atoms with E-state index in [0.29, 0.717) is 0 Å². The maximum atomic E-state index is 8.51. The van der Waals surface area contributed by atoms with Gasteiger partial charge in [0.25, 0.3) is 0 Å². The Kier molecular flexibility index (Phi) is 3.84. The zero-order chi connectivity index (χ0) is 9.52. The molecule has 0 heterocycles. The van der Waals surface area contributed by atoms with E-state index in [1.165, 1.54) is 5.56 Å². The van der Waals surface area contributed by atoms with Crippen LogP contribution in [-0.2, 0) is 6.42 Å². The van der Waals surface area contributed by atoms with Crippen molar-refractivity contribution in [3.05, 3.63) is 35.9 Å². The molecule has 13 heavy (non-hydrogen) atoms. The van der Waals surface area contributed by atoms with Gasteiger partial charge in [0.15, 0.2) is 6.19 Å². The summed E-state index contributed by atoms with van der Waals surface area (Å²) in [5.41, 5.74) is 1.34. The van der Waals surface area contributed by atoms with Crippen molar-refractivity contribution in [1.29, 1.82) is 5.26 Å². The maximum absolute atomic E-state index is 8.51. The van der Waals surface area contributed by atoms with Gasteiger partial charge in [-0.05, 0) is 18.4 Å². The lowest BCUT2D eigenvalue weighted by Crippen LogP contribution is -2.12. The smallest absolute Gasteiger partial charge is 0.179 e. The van der Waals surface area contributed by atoms with E-state index in [1.807, 2.05) is 25.2 Å². The van der Waals surface area contributed by atoms with Crippen molar-refractivity contribution in [2.45, 2.75) is 12.8 Å². The molecule has 0 aliphatic carbocycles. The van der Waals surface area contributed by atoms with Crippen molar-refractivity contribution in [2.24, 2.45) is 0 Å². The van der Waals surface area contributed by atoms with Gasteiger partial charge in [-0.2, -0.15) is 5.26 Å². The van der Waals surface area contributed by atoms with Crippen molar-refractivity contribution in [2.75, 3.05) is 13.6 Å². The average Bonchev–Trinajstić information content (AvgIpc) is 2.19. The first-order chi connectivity index (χ1) is 6.33. The topological polar surface area (TPSA) is 27.0 Å². The van der Waals surface area contributed by atoms with Gasteiger partial charge >= 0.3 is 0 Å². The summed E-state index contributed by atoms with van der Waals surface area (Å²) in [5.74, 6) is 0. The summed E-state index contributed by atoms with van der Waals surface area (Å²) in [7, 11) is 1.81. The van der Waals surface area contributed by atoms with Gasteiger partial charge < -0.3 is 4.90 Å². The number of hydrogen-bond acceptors (Lipinski definition) is 2. The highest BCUT2D eigenvalue weighted by Crippen LogP contribution is 2.02. The monoisotopic (exact) mass is 174 g/mol. The van der Waals surface area contributed by atoms with Crippen LogP contribution in [0, 0.1) is 11.5 Å². The molecule has 0 atom stereocenters. The molecule has 1 aromatic rings. The number of benzene rings is 1. The quantitative estimate of drug-likeness (QED) is 0.516. The van der Waals surface area contributed by atoms with E-state index in [4.69, 9.17) is 5.26 Å². The molecule has 0 fully saturated rings. The summed E-state index contributed by atoms with van der Waals surface area (Å²) >= 11 is 0. The number of aryl methyl sites for hydroxylation is 1. The normalized spacial score (nSPS) is 9.23. The van der Waals surface area contributed by atoms with E-state index in [-0.39, 0.29) is 0 Å². The summed E-state index contributed by atoms with van der Waals surface area (Å²) in [5, 5.41) is 8.51. The lowest BCUT2D eigenvalue weighted by molar-refractivity contribution is 0.461. The first kappa shape index (κ1) is 9.60. The third kappa shape index (κ3) is 3.62. The molecule has 0 bridgehead atoms. The van der Waals surface area contributed by atoms with Gasteiger partial charge in [0.2, 0.25) is 0 Å². The molecule has 0 saturated heterocycles. The Hall–Kier alpha value is -1.49. The zero-order valence-electron chi connectivity index (χ0n) is 7.90. The fourth-order valence-corrected chi connectivity index (χ4v) is 1.22. The molecule has 0 aliphatic rings. The van der Waals surface area contributed by atoms with Crippen LogP contribution in [-0.4, -0.2) is 18.5 Å². The molecule has 0 spiro atoms. The predicted octanol–water partition coefficient (Wildman–Crippen LogP) is 2.03. The minimum Gasteiger partial charge on any atom is -0.314 e. The second-order valence-corrected chi connectivity index (χ2v) is 3.11. The molecule has 1 aromatic carbocycles. The summed E-state index contributed by atoms with van der Waals surface area (Å²) in [6.45, 7) is 0.839. The van der Waals surface area contributed by atoms with Crippen molar-refractivity contribution in [1.82, 2.24) is 4.90 Å². The van der Waals surface area contributed by atoms with E-state index in [0.717, 1.165) is 19.4 Å². The van der Waals surface area contributed by atoms with E-state index in [9.17, 15) is 0 Å². The van der Waals surface area contributed by atoms with Crippen LogP contribution in [0.15, 0.2) is 30.3 Å². The van der Waals surface area contributed by atoms with Gasteiger partial charge in [0, 0.05) is 13.6 Å². The molecule has 1 rings (SSSR count). The molecular formula is C11H14N2. The number of rotatable bonds is 4. The second-order valence-electron chi connectivity index (χ2n) is 3.11. The predicted molar refractivity (Wildman–Crippen MR) is 53.0 cm³/mol. The fraction of sp³-hybridized carbons (Fsp3) is 0.364. The number of nitrogens with zero attached hydrogens (tertiary/aromatic N) is 2. The minimum atomic E-state index is 0.839. The van der Waals surface area contributed by atoms with Gasteiger partial charge in [-0.1, -0.05) is 30.3 Å². The van der Waals surface area contributed by atoms with Crippen molar-refractivity contribution >= 4 is 0 Å². The third-order valence-electron chi connectivity index (χ3n) is 1.97. The standard InChI is InChI=1S/C11H14N2/c1-13(10-12)9-5-8-11-6-3-2-4-7-11/h2-4,6-7H,5,8-9H2,1H3. The molecule has 68 valence electrons.